The van der Waals surface area contributed by atoms with Crippen molar-refractivity contribution in [3.63, 3.8) is 0 Å². The van der Waals surface area contributed by atoms with Crippen molar-refractivity contribution in [3.05, 3.63) is 29.8 Å². The van der Waals surface area contributed by atoms with Crippen LogP contribution in [0, 0.1) is 30.6 Å². The molecule has 2 fully saturated rings. The highest BCUT2D eigenvalue weighted by atomic mass is 32.2. The highest BCUT2D eigenvalue weighted by molar-refractivity contribution is 7.86. The van der Waals surface area contributed by atoms with Crippen LogP contribution in [0.2, 0.25) is 0 Å². The molecule has 4 atom stereocenters. The number of hydrogen-bond acceptors (Lipinski definition) is 3. The molecule has 0 heterocycles. The lowest BCUT2D eigenvalue weighted by Crippen LogP contribution is -2.32. The van der Waals surface area contributed by atoms with Crippen LogP contribution < -0.4 is 0 Å². The SMILES string of the molecule is CCCC1CCC2CC(COS(=O)(=O)c3ccc(C)cc3)CCC2C1. The van der Waals surface area contributed by atoms with E-state index in [1.54, 1.807) is 12.1 Å². The maximum absolute atomic E-state index is 12.4. The lowest BCUT2D eigenvalue weighted by molar-refractivity contribution is 0.0762. The summed E-state index contributed by atoms with van der Waals surface area (Å²) in [4.78, 5) is 0.270. The largest absolute Gasteiger partial charge is 0.296 e. The van der Waals surface area contributed by atoms with E-state index in [0.29, 0.717) is 12.5 Å². The lowest BCUT2D eigenvalue weighted by Gasteiger charge is -2.42. The minimum atomic E-state index is -3.62. The minimum Gasteiger partial charge on any atom is -0.266 e. The molecule has 4 heteroatoms. The summed E-state index contributed by atoms with van der Waals surface area (Å²) in [6.07, 6.45) is 10.3. The molecular weight excluding hydrogens is 332 g/mol. The molecule has 25 heavy (non-hydrogen) atoms. The highest BCUT2D eigenvalue weighted by Gasteiger charge is 2.35. The summed E-state index contributed by atoms with van der Waals surface area (Å²) in [6, 6.07) is 6.90. The number of rotatable bonds is 6. The molecule has 2 aliphatic rings. The maximum Gasteiger partial charge on any atom is 0.296 e. The second-order valence-electron chi connectivity index (χ2n) is 8.22. The summed E-state index contributed by atoms with van der Waals surface area (Å²) in [5.74, 6) is 2.98. The molecule has 0 spiro atoms. The molecule has 0 bridgehead atoms. The van der Waals surface area contributed by atoms with Crippen molar-refractivity contribution in [2.75, 3.05) is 6.61 Å². The van der Waals surface area contributed by atoms with Crippen molar-refractivity contribution < 1.29 is 12.6 Å². The van der Waals surface area contributed by atoms with E-state index in [9.17, 15) is 8.42 Å². The van der Waals surface area contributed by atoms with Crippen molar-refractivity contribution in [3.8, 4) is 0 Å². The monoisotopic (exact) mass is 364 g/mol. The van der Waals surface area contributed by atoms with Gasteiger partial charge in [-0.15, -0.1) is 0 Å². The smallest absolute Gasteiger partial charge is 0.266 e. The van der Waals surface area contributed by atoms with Gasteiger partial charge in [0.15, 0.2) is 0 Å². The van der Waals surface area contributed by atoms with E-state index >= 15 is 0 Å². The van der Waals surface area contributed by atoms with Crippen LogP contribution in [0.1, 0.15) is 63.9 Å². The van der Waals surface area contributed by atoms with Crippen molar-refractivity contribution in [1.82, 2.24) is 0 Å². The van der Waals surface area contributed by atoms with Gasteiger partial charge in [-0.25, -0.2) is 0 Å². The van der Waals surface area contributed by atoms with Gasteiger partial charge in [0.25, 0.3) is 10.1 Å². The zero-order chi connectivity index (χ0) is 17.9. The van der Waals surface area contributed by atoms with E-state index in [2.05, 4.69) is 6.92 Å². The van der Waals surface area contributed by atoms with Crippen LogP contribution in [0.5, 0.6) is 0 Å². The van der Waals surface area contributed by atoms with E-state index in [-0.39, 0.29) is 4.90 Å². The molecule has 3 rings (SSSR count). The summed E-state index contributed by atoms with van der Waals surface area (Å²) in [7, 11) is -3.62. The van der Waals surface area contributed by atoms with E-state index in [0.717, 1.165) is 36.2 Å². The molecule has 140 valence electrons. The average molecular weight is 365 g/mol. The lowest BCUT2D eigenvalue weighted by atomic mass is 9.64. The van der Waals surface area contributed by atoms with E-state index in [1.807, 2.05) is 19.1 Å². The van der Waals surface area contributed by atoms with Gasteiger partial charge < -0.3 is 0 Å². The molecule has 0 saturated heterocycles. The minimum absolute atomic E-state index is 0.270. The summed E-state index contributed by atoms with van der Waals surface area (Å²) >= 11 is 0. The molecule has 2 aliphatic carbocycles. The fourth-order valence-corrected chi connectivity index (χ4v) is 5.84. The number of aryl methyl sites for hydroxylation is 1. The summed E-state index contributed by atoms with van der Waals surface area (Å²) in [6.45, 7) is 4.58. The molecule has 2 saturated carbocycles. The zero-order valence-corrected chi connectivity index (χ0v) is 16.4. The summed E-state index contributed by atoms with van der Waals surface area (Å²) < 4.78 is 30.1. The maximum atomic E-state index is 12.4. The quantitative estimate of drug-likeness (QED) is 0.641. The van der Waals surface area contributed by atoms with Gasteiger partial charge in [-0.05, 0) is 74.8 Å². The normalized spacial score (nSPS) is 30.0. The van der Waals surface area contributed by atoms with Crippen LogP contribution in [-0.4, -0.2) is 15.0 Å². The molecule has 0 radical (unpaired) electrons. The number of hydrogen-bond donors (Lipinski definition) is 0. The Morgan fingerprint density at radius 1 is 0.960 bits per heavy atom. The van der Waals surface area contributed by atoms with Crippen LogP contribution in [0.25, 0.3) is 0 Å². The molecule has 1 aromatic rings. The first-order chi connectivity index (χ1) is 12.0. The van der Waals surface area contributed by atoms with Gasteiger partial charge in [-0.2, -0.15) is 8.42 Å². The summed E-state index contributed by atoms with van der Waals surface area (Å²) in [5, 5.41) is 0. The highest BCUT2D eigenvalue weighted by Crippen LogP contribution is 2.45. The first-order valence-corrected chi connectivity index (χ1v) is 11.3. The Kier molecular flexibility index (Phi) is 6.21. The van der Waals surface area contributed by atoms with Gasteiger partial charge in [0, 0.05) is 0 Å². The molecule has 1 aromatic carbocycles. The van der Waals surface area contributed by atoms with Crippen molar-refractivity contribution >= 4 is 10.1 Å². The predicted molar refractivity (Wildman–Crippen MR) is 101 cm³/mol. The second-order valence-corrected chi connectivity index (χ2v) is 9.83. The third-order valence-corrected chi connectivity index (χ3v) is 7.59. The first kappa shape index (κ1) is 18.9. The second kappa shape index (κ2) is 8.22. The van der Waals surface area contributed by atoms with Crippen LogP contribution in [0.3, 0.4) is 0 Å². The fraction of sp³-hybridized carbons (Fsp3) is 0.714. The standard InChI is InChI=1S/C21H32O3S/c1-3-4-17-7-9-20-14-18(8-10-19(20)13-17)15-24-25(22,23)21-11-5-16(2)6-12-21/h5-6,11-12,17-20H,3-4,7-10,13-15H2,1-2H3. The number of fused-ring (bicyclic) bond motifs is 1. The first-order valence-electron chi connectivity index (χ1n) is 9.94. The Morgan fingerprint density at radius 3 is 2.20 bits per heavy atom. The van der Waals surface area contributed by atoms with Gasteiger partial charge in [0.2, 0.25) is 0 Å². The van der Waals surface area contributed by atoms with Crippen LogP contribution in [0.15, 0.2) is 29.2 Å². The van der Waals surface area contributed by atoms with Gasteiger partial charge in [0.1, 0.15) is 0 Å². The molecule has 4 unspecified atom stereocenters. The molecule has 0 amide bonds. The molecule has 0 aliphatic heterocycles. The Hall–Kier alpha value is -0.870. The zero-order valence-electron chi connectivity index (χ0n) is 15.6. The topological polar surface area (TPSA) is 43.4 Å². The van der Waals surface area contributed by atoms with Gasteiger partial charge in [0.05, 0.1) is 11.5 Å². The van der Waals surface area contributed by atoms with E-state index in [1.165, 1.54) is 38.5 Å². The Labute approximate surface area is 153 Å². The van der Waals surface area contributed by atoms with Gasteiger partial charge in [-0.3, -0.25) is 4.18 Å². The molecule has 0 N–H and O–H groups in total. The predicted octanol–water partition coefficient (Wildman–Crippen LogP) is 5.33. The molecule has 0 aromatic heterocycles. The van der Waals surface area contributed by atoms with Crippen molar-refractivity contribution in [2.45, 2.75) is 70.1 Å². The van der Waals surface area contributed by atoms with Crippen LogP contribution in [-0.2, 0) is 14.3 Å². The van der Waals surface area contributed by atoms with Crippen LogP contribution >= 0.6 is 0 Å². The van der Waals surface area contributed by atoms with E-state index in [4.69, 9.17) is 4.18 Å². The summed E-state index contributed by atoms with van der Waals surface area (Å²) in [5.41, 5.74) is 1.05. The van der Waals surface area contributed by atoms with Crippen LogP contribution in [0.4, 0.5) is 0 Å². The fourth-order valence-electron chi connectivity index (χ4n) is 4.86. The Balaban J connectivity index is 1.51. The van der Waals surface area contributed by atoms with Gasteiger partial charge >= 0.3 is 0 Å². The third kappa shape index (κ3) is 4.85. The van der Waals surface area contributed by atoms with Crippen molar-refractivity contribution in [2.24, 2.45) is 23.7 Å². The van der Waals surface area contributed by atoms with Crippen molar-refractivity contribution in [1.29, 1.82) is 0 Å². The average Bonchev–Trinajstić information content (AvgIpc) is 2.60. The Bertz CT molecular complexity index is 650. The molecule has 3 nitrogen and oxygen atoms in total. The van der Waals surface area contributed by atoms with Gasteiger partial charge in [-0.1, -0.05) is 43.9 Å². The Morgan fingerprint density at radius 2 is 1.56 bits per heavy atom. The number of benzene rings is 1. The molecular formula is C21H32O3S. The van der Waals surface area contributed by atoms with E-state index < -0.39 is 10.1 Å². The third-order valence-electron chi connectivity index (χ3n) is 6.30.